The Labute approximate surface area is 133 Å². The molecule has 0 fully saturated rings. The predicted molar refractivity (Wildman–Crippen MR) is 88.4 cm³/mol. The van der Waals surface area contributed by atoms with Crippen LogP contribution in [0.2, 0.25) is 0 Å². The average Bonchev–Trinajstić information content (AvgIpc) is 2.92. The molecule has 110 valence electrons. The van der Waals surface area contributed by atoms with Crippen molar-refractivity contribution in [3.05, 3.63) is 52.0 Å². The van der Waals surface area contributed by atoms with Gasteiger partial charge in [-0.2, -0.15) is 0 Å². The minimum Gasteiger partial charge on any atom is -0.493 e. The Morgan fingerprint density at radius 2 is 1.90 bits per heavy atom. The molecule has 0 aliphatic heterocycles. The Balaban J connectivity index is 1.85. The smallest absolute Gasteiger partial charge is 0.162 e. The molecule has 0 bridgehead atoms. The highest BCUT2D eigenvalue weighted by Gasteiger charge is 2.24. The van der Waals surface area contributed by atoms with E-state index in [-0.39, 0.29) is 0 Å². The van der Waals surface area contributed by atoms with Gasteiger partial charge in [-0.25, -0.2) is 0 Å². The molecule has 1 aliphatic carbocycles. The summed E-state index contributed by atoms with van der Waals surface area (Å²) in [7, 11) is 3.30. The van der Waals surface area contributed by atoms with Crippen LogP contribution in [0.25, 0.3) is 0 Å². The molecule has 2 aromatic rings. The van der Waals surface area contributed by atoms with Crippen LogP contribution in [-0.4, -0.2) is 14.2 Å². The highest BCUT2D eigenvalue weighted by atomic mass is 79.9. The molecule has 21 heavy (non-hydrogen) atoms. The molecule has 3 nitrogen and oxygen atoms in total. The van der Waals surface area contributed by atoms with Gasteiger partial charge in [-0.1, -0.05) is 28.1 Å². The van der Waals surface area contributed by atoms with Crippen LogP contribution in [0.5, 0.6) is 11.5 Å². The van der Waals surface area contributed by atoms with Crippen molar-refractivity contribution in [2.75, 3.05) is 19.5 Å². The van der Waals surface area contributed by atoms with Crippen LogP contribution in [-0.2, 0) is 6.42 Å². The van der Waals surface area contributed by atoms with Crippen LogP contribution in [0.15, 0.2) is 40.9 Å². The van der Waals surface area contributed by atoms with Crippen LogP contribution in [0.3, 0.4) is 0 Å². The zero-order chi connectivity index (χ0) is 14.8. The zero-order valence-corrected chi connectivity index (χ0v) is 13.7. The minimum atomic E-state index is 0.343. The fraction of sp³-hybridized carbons (Fsp3) is 0.294. The Kier molecular flexibility index (Phi) is 4.06. The number of nitrogens with one attached hydrogen (secondary N) is 1. The van der Waals surface area contributed by atoms with Gasteiger partial charge in [-0.3, -0.25) is 0 Å². The Morgan fingerprint density at radius 3 is 2.67 bits per heavy atom. The molecule has 0 heterocycles. The predicted octanol–water partition coefficient (Wildman–Crippen LogP) is 4.57. The van der Waals surface area contributed by atoms with Crippen molar-refractivity contribution >= 4 is 21.6 Å². The lowest BCUT2D eigenvalue weighted by atomic mass is 10.1. The van der Waals surface area contributed by atoms with Gasteiger partial charge in [0.1, 0.15) is 0 Å². The van der Waals surface area contributed by atoms with Crippen LogP contribution in [0, 0.1) is 0 Å². The van der Waals surface area contributed by atoms with Gasteiger partial charge in [0, 0.05) is 16.2 Å². The highest BCUT2D eigenvalue weighted by molar-refractivity contribution is 9.10. The van der Waals surface area contributed by atoms with E-state index in [4.69, 9.17) is 9.47 Å². The summed E-state index contributed by atoms with van der Waals surface area (Å²) in [5, 5.41) is 3.59. The average molecular weight is 348 g/mol. The van der Waals surface area contributed by atoms with Gasteiger partial charge in [-0.15, -0.1) is 0 Å². The third kappa shape index (κ3) is 2.72. The largest absolute Gasteiger partial charge is 0.493 e. The summed E-state index contributed by atoms with van der Waals surface area (Å²) in [6.45, 7) is 0. The van der Waals surface area contributed by atoms with Crippen molar-refractivity contribution in [2.24, 2.45) is 0 Å². The molecule has 3 rings (SSSR count). The van der Waals surface area contributed by atoms with Crippen LogP contribution in [0.1, 0.15) is 23.6 Å². The first-order chi connectivity index (χ1) is 10.2. The monoisotopic (exact) mass is 347 g/mol. The topological polar surface area (TPSA) is 30.5 Å². The molecular weight excluding hydrogens is 330 g/mol. The van der Waals surface area contributed by atoms with Gasteiger partial charge >= 0.3 is 0 Å². The summed E-state index contributed by atoms with van der Waals surface area (Å²) < 4.78 is 11.8. The summed E-state index contributed by atoms with van der Waals surface area (Å²) in [5.74, 6) is 1.49. The highest BCUT2D eigenvalue weighted by Crippen LogP contribution is 2.38. The molecule has 1 N–H and O–H groups in total. The maximum Gasteiger partial charge on any atom is 0.162 e. The number of fused-ring (bicyclic) bond motifs is 1. The third-order valence-electron chi connectivity index (χ3n) is 3.94. The standard InChI is InChI=1S/C17H18BrNO2/c1-20-16-9-6-11(10-17(16)21-2)19-15-8-7-12-13(15)4-3-5-14(12)18/h3-6,9-10,15,19H,7-8H2,1-2H3. The van der Waals surface area contributed by atoms with Crippen molar-refractivity contribution in [1.82, 2.24) is 0 Å². The molecule has 0 radical (unpaired) electrons. The maximum atomic E-state index is 5.36. The zero-order valence-electron chi connectivity index (χ0n) is 12.2. The summed E-state index contributed by atoms with van der Waals surface area (Å²) in [6.07, 6.45) is 2.20. The Bertz CT molecular complexity index is 657. The molecule has 0 spiro atoms. The maximum absolute atomic E-state index is 5.36. The molecule has 0 amide bonds. The molecule has 4 heteroatoms. The lowest BCUT2D eigenvalue weighted by molar-refractivity contribution is 0.355. The van der Waals surface area contributed by atoms with Gasteiger partial charge in [-0.05, 0) is 42.2 Å². The molecule has 0 saturated carbocycles. The number of rotatable bonds is 4. The lowest BCUT2D eigenvalue weighted by Crippen LogP contribution is -2.07. The van der Waals surface area contributed by atoms with E-state index in [2.05, 4.69) is 39.4 Å². The second-order valence-corrected chi connectivity index (χ2v) is 5.97. The van der Waals surface area contributed by atoms with Crippen molar-refractivity contribution in [3.8, 4) is 11.5 Å². The molecule has 2 aromatic carbocycles. The summed E-state index contributed by atoms with van der Waals surface area (Å²) in [4.78, 5) is 0. The van der Waals surface area contributed by atoms with E-state index in [1.165, 1.54) is 15.6 Å². The molecule has 1 aliphatic rings. The summed E-state index contributed by atoms with van der Waals surface area (Å²) >= 11 is 3.64. The van der Waals surface area contributed by atoms with Crippen molar-refractivity contribution < 1.29 is 9.47 Å². The molecule has 1 unspecified atom stereocenters. The number of hydrogen-bond donors (Lipinski definition) is 1. The first-order valence-corrected chi connectivity index (χ1v) is 7.78. The van der Waals surface area contributed by atoms with Crippen molar-refractivity contribution in [3.63, 3.8) is 0 Å². The number of methoxy groups -OCH3 is 2. The minimum absolute atomic E-state index is 0.343. The van der Waals surface area contributed by atoms with Gasteiger partial charge in [0.05, 0.1) is 20.3 Å². The first kappa shape index (κ1) is 14.3. The van der Waals surface area contributed by atoms with Crippen LogP contribution >= 0.6 is 15.9 Å². The number of benzene rings is 2. The second kappa shape index (κ2) is 5.98. The normalized spacial score (nSPS) is 16.4. The quantitative estimate of drug-likeness (QED) is 0.878. The SMILES string of the molecule is COc1ccc(NC2CCc3c(Br)cccc32)cc1OC. The summed E-state index contributed by atoms with van der Waals surface area (Å²) in [5.41, 5.74) is 3.83. The molecular formula is C17H18BrNO2. The molecule has 1 atom stereocenters. The molecule has 0 aromatic heterocycles. The van der Waals surface area contributed by atoms with E-state index in [1.807, 2.05) is 18.2 Å². The van der Waals surface area contributed by atoms with Crippen molar-refractivity contribution in [2.45, 2.75) is 18.9 Å². The van der Waals surface area contributed by atoms with Crippen molar-refractivity contribution in [1.29, 1.82) is 0 Å². The van der Waals surface area contributed by atoms with E-state index in [9.17, 15) is 0 Å². The van der Waals surface area contributed by atoms with E-state index in [1.54, 1.807) is 14.2 Å². The van der Waals surface area contributed by atoms with E-state index >= 15 is 0 Å². The van der Waals surface area contributed by atoms with E-state index < -0.39 is 0 Å². The fourth-order valence-electron chi connectivity index (χ4n) is 2.89. The Morgan fingerprint density at radius 1 is 1.10 bits per heavy atom. The van der Waals surface area contributed by atoms with E-state index in [0.29, 0.717) is 6.04 Å². The molecule has 0 saturated heterocycles. The van der Waals surface area contributed by atoms with E-state index in [0.717, 1.165) is 30.0 Å². The van der Waals surface area contributed by atoms with Crippen LogP contribution < -0.4 is 14.8 Å². The van der Waals surface area contributed by atoms with Gasteiger partial charge in [0.2, 0.25) is 0 Å². The fourth-order valence-corrected chi connectivity index (χ4v) is 3.47. The number of halogens is 1. The van der Waals surface area contributed by atoms with Gasteiger partial charge in [0.25, 0.3) is 0 Å². The summed E-state index contributed by atoms with van der Waals surface area (Å²) in [6, 6.07) is 12.7. The second-order valence-electron chi connectivity index (χ2n) is 5.11. The third-order valence-corrected chi connectivity index (χ3v) is 4.68. The first-order valence-electron chi connectivity index (χ1n) is 6.98. The lowest BCUT2D eigenvalue weighted by Gasteiger charge is -2.17. The van der Waals surface area contributed by atoms with Crippen LogP contribution in [0.4, 0.5) is 5.69 Å². The van der Waals surface area contributed by atoms with Gasteiger partial charge < -0.3 is 14.8 Å². The Hall–Kier alpha value is -1.68. The number of ether oxygens (including phenoxy) is 2. The number of anilines is 1. The van der Waals surface area contributed by atoms with Gasteiger partial charge in [0.15, 0.2) is 11.5 Å². The number of hydrogen-bond acceptors (Lipinski definition) is 3.